The number of rotatable bonds is 5. The molecule has 0 aliphatic rings. The zero-order valence-electron chi connectivity index (χ0n) is 14.5. The molecule has 0 unspecified atom stereocenters. The normalized spacial score (nSPS) is 11.3. The molecule has 0 spiro atoms. The van der Waals surface area contributed by atoms with E-state index in [9.17, 15) is 4.79 Å². The average Bonchev–Trinajstić information content (AvgIpc) is 2.58. The van der Waals surface area contributed by atoms with Crippen LogP contribution in [0.5, 0.6) is 0 Å². The van der Waals surface area contributed by atoms with Crippen LogP contribution in [0.3, 0.4) is 0 Å². The van der Waals surface area contributed by atoms with Crippen molar-refractivity contribution in [3.8, 4) is 0 Å². The van der Waals surface area contributed by atoms with Crippen LogP contribution < -0.4 is 5.32 Å². The second kappa shape index (κ2) is 6.97. The lowest BCUT2D eigenvalue weighted by Crippen LogP contribution is -2.31. The molecule has 0 saturated heterocycles. The Morgan fingerprint density at radius 3 is 2.71 bits per heavy atom. The first-order valence-corrected chi connectivity index (χ1v) is 8.34. The fraction of sp³-hybridized carbons (Fsp3) is 0.300. The summed E-state index contributed by atoms with van der Waals surface area (Å²) in [6.45, 7) is 3.58. The molecule has 24 heavy (non-hydrogen) atoms. The summed E-state index contributed by atoms with van der Waals surface area (Å²) >= 11 is 0. The number of pyridine rings is 1. The first-order valence-electron chi connectivity index (χ1n) is 8.34. The molecule has 0 aliphatic heterocycles. The van der Waals surface area contributed by atoms with Crippen molar-refractivity contribution < 1.29 is 4.79 Å². The summed E-state index contributed by atoms with van der Waals surface area (Å²) in [6.07, 6.45) is 1.00. The van der Waals surface area contributed by atoms with Gasteiger partial charge in [-0.15, -0.1) is 0 Å². The van der Waals surface area contributed by atoms with Gasteiger partial charge in [0.1, 0.15) is 0 Å². The van der Waals surface area contributed by atoms with Crippen LogP contribution in [-0.2, 0) is 6.42 Å². The van der Waals surface area contributed by atoms with Crippen LogP contribution in [0.2, 0.25) is 0 Å². The molecular weight excluding hydrogens is 298 g/mol. The highest BCUT2D eigenvalue weighted by molar-refractivity contribution is 6.07. The van der Waals surface area contributed by atoms with Crippen LogP contribution in [0.1, 0.15) is 22.8 Å². The molecule has 0 aliphatic carbocycles. The fourth-order valence-corrected chi connectivity index (χ4v) is 2.80. The summed E-state index contributed by atoms with van der Waals surface area (Å²) in [5, 5.41) is 5.08. The van der Waals surface area contributed by atoms with Gasteiger partial charge in [-0.3, -0.25) is 4.79 Å². The van der Waals surface area contributed by atoms with Crippen molar-refractivity contribution in [3.63, 3.8) is 0 Å². The number of hydrogen-bond donors (Lipinski definition) is 1. The molecule has 1 aromatic heterocycles. The Hall–Kier alpha value is -2.46. The standard InChI is InChI=1S/C20H23N3O/c1-4-14-8-9-18-16(12-14)13-15-6-5-7-17(19(15)22-18)20(24)21-10-11-23(2)3/h5-9,12-13H,4,10-11H2,1-3H3,(H,21,24). The van der Waals surface area contributed by atoms with Gasteiger partial charge >= 0.3 is 0 Å². The molecule has 0 radical (unpaired) electrons. The van der Waals surface area contributed by atoms with Gasteiger partial charge < -0.3 is 10.2 Å². The lowest BCUT2D eigenvalue weighted by atomic mass is 10.0. The number of likely N-dealkylation sites (N-methyl/N-ethyl adjacent to an activating group) is 1. The molecule has 124 valence electrons. The van der Waals surface area contributed by atoms with Crippen LogP contribution in [0.25, 0.3) is 21.8 Å². The molecule has 0 bridgehead atoms. The molecule has 1 amide bonds. The molecular formula is C20H23N3O. The molecule has 3 rings (SSSR count). The number of fused-ring (bicyclic) bond motifs is 2. The smallest absolute Gasteiger partial charge is 0.253 e. The highest BCUT2D eigenvalue weighted by atomic mass is 16.1. The Morgan fingerprint density at radius 2 is 1.96 bits per heavy atom. The van der Waals surface area contributed by atoms with E-state index in [0.29, 0.717) is 12.1 Å². The molecule has 4 nitrogen and oxygen atoms in total. The molecule has 1 N–H and O–H groups in total. The Morgan fingerprint density at radius 1 is 1.12 bits per heavy atom. The van der Waals surface area contributed by atoms with Crippen molar-refractivity contribution in [2.75, 3.05) is 27.2 Å². The van der Waals surface area contributed by atoms with Crippen LogP contribution in [0.4, 0.5) is 0 Å². The number of aromatic nitrogens is 1. The molecule has 0 fully saturated rings. The van der Waals surface area contributed by atoms with Gasteiger partial charge in [-0.1, -0.05) is 25.1 Å². The maximum atomic E-state index is 12.5. The van der Waals surface area contributed by atoms with Crippen LogP contribution in [0, 0.1) is 0 Å². The Labute approximate surface area is 142 Å². The molecule has 0 atom stereocenters. The van der Waals surface area contributed by atoms with E-state index in [1.165, 1.54) is 5.56 Å². The van der Waals surface area contributed by atoms with Gasteiger partial charge in [0.05, 0.1) is 16.6 Å². The number of nitrogens with one attached hydrogen (secondary N) is 1. The number of amides is 1. The Bertz CT molecular complexity index is 887. The summed E-state index contributed by atoms with van der Waals surface area (Å²) < 4.78 is 0. The van der Waals surface area contributed by atoms with E-state index in [4.69, 9.17) is 4.98 Å². The third-order valence-electron chi connectivity index (χ3n) is 4.20. The minimum Gasteiger partial charge on any atom is -0.351 e. The Kier molecular flexibility index (Phi) is 4.76. The average molecular weight is 321 g/mol. The maximum absolute atomic E-state index is 12.5. The highest BCUT2D eigenvalue weighted by Crippen LogP contribution is 2.23. The number of aryl methyl sites for hydroxylation is 1. The van der Waals surface area contributed by atoms with E-state index < -0.39 is 0 Å². The summed E-state index contributed by atoms with van der Waals surface area (Å²) in [5.74, 6) is -0.0699. The van der Waals surface area contributed by atoms with Gasteiger partial charge in [0.2, 0.25) is 0 Å². The first-order chi connectivity index (χ1) is 11.6. The Balaban J connectivity index is 1.99. The van der Waals surface area contributed by atoms with E-state index in [1.807, 2.05) is 43.3 Å². The minimum absolute atomic E-state index is 0.0699. The van der Waals surface area contributed by atoms with Crippen molar-refractivity contribution in [2.24, 2.45) is 0 Å². The second-order valence-electron chi connectivity index (χ2n) is 6.31. The molecule has 2 aromatic carbocycles. The van der Waals surface area contributed by atoms with Gasteiger partial charge in [0.15, 0.2) is 0 Å². The topological polar surface area (TPSA) is 45.2 Å². The predicted molar refractivity (Wildman–Crippen MR) is 99.5 cm³/mol. The van der Waals surface area contributed by atoms with Crippen molar-refractivity contribution in [1.82, 2.24) is 15.2 Å². The number of hydrogen-bond acceptors (Lipinski definition) is 3. The third kappa shape index (κ3) is 3.39. The molecule has 3 aromatic rings. The second-order valence-corrected chi connectivity index (χ2v) is 6.31. The predicted octanol–water partition coefficient (Wildman–Crippen LogP) is 3.24. The summed E-state index contributed by atoms with van der Waals surface area (Å²) in [6, 6.07) is 14.2. The number of carbonyl (C=O) groups excluding carboxylic acids is 1. The summed E-state index contributed by atoms with van der Waals surface area (Å²) in [5.41, 5.74) is 3.61. The highest BCUT2D eigenvalue weighted by Gasteiger charge is 2.12. The van der Waals surface area contributed by atoms with E-state index in [1.54, 1.807) is 0 Å². The fourth-order valence-electron chi connectivity index (χ4n) is 2.80. The monoisotopic (exact) mass is 321 g/mol. The quantitative estimate of drug-likeness (QED) is 0.734. The van der Waals surface area contributed by atoms with Gasteiger partial charge in [-0.2, -0.15) is 0 Å². The third-order valence-corrected chi connectivity index (χ3v) is 4.20. The van der Waals surface area contributed by atoms with E-state index in [0.717, 1.165) is 34.8 Å². The largest absolute Gasteiger partial charge is 0.351 e. The van der Waals surface area contributed by atoms with Gasteiger partial charge in [0.25, 0.3) is 5.91 Å². The summed E-state index contributed by atoms with van der Waals surface area (Å²) in [7, 11) is 3.98. The van der Waals surface area contributed by atoms with Gasteiger partial charge in [-0.05, 0) is 50.3 Å². The van der Waals surface area contributed by atoms with Crippen LogP contribution in [0.15, 0.2) is 42.5 Å². The van der Waals surface area contributed by atoms with E-state index in [-0.39, 0.29) is 5.91 Å². The first kappa shape index (κ1) is 16.4. The number of carbonyl (C=O) groups is 1. The number of benzene rings is 2. The summed E-state index contributed by atoms with van der Waals surface area (Å²) in [4.78, 5) is 19.3. The zero-order valence-corrected chi connectivity index (χ0v) is 14.5. The van der Waals surface area contributed by atoms with E-state index in [2.05, 4.69) is 30.4 Å². The van der Waals surface area contributed by atoms with Crippen molar-refractivity contribution in [3.05, 3.63) is 53.6 Å². The van der Waals surface area contributed by atoms with Crippen molar-refractivity contribution in [2.45, 2.75) is 13.3 Å². The number of para-hydroxylation sites is 1. The molecule has 1 heterocycles. The zero-order chi connectivity index (χ0) is 17.1. The van der Waals surface area contributed by atoms with Gasteiger partial charge in [0, 0.05) is 23.9 Å². The van der Waals surface area contributed by atoms with Gasteiger partial charge in [-0.25, -0.2) is 4.98 Å². The molecule has 0 saturated carbocycles. The maximum Gasteiger partial charge on any atom is 0.253 e. The minimum atomic E-state index is -0.0699. The van der Waals surface area contributed by atoms with Crippen LogP contribution in [-0.4, -0.2) is 43.0 Å². The molecule has 4 heteroatoms. The lowest BCUT2D eigenvalue weighted by Gasteiger charge is -2.12. The van der Waals surface area contributed by atoms with Crippen molar-refractivity contribution in [1.29, 1.82) is 0 Å². The van der Waals surface area contributed by atoms with Crippen LogP contribution >= 0.6 is 0 Å². The lowest BCUT2D eigenvalue weighted by molar-refractivity contribution is 0.0952. The number of nitrogens with zero attached hydrogens (tertiary/aromatic N) is 2. The van der Waals surface area contributed by atoms with E-state index >= 15 is 0 Å². The SMILES string of the molecule is CCc1ccc2nc3c(C(=O)NCCN(C)C)cccc3cc2c1. The van der Waals surface area contributed by atoms with Crippen molar-refractivity contribution >= 4 is 27.7 Å².